The zero-order valence-electron chi connectivity index (χ0n) is 8.23. The van der Waals surface area contributed by atoms with Gasteiger partial charge in [0, 0.05) is 11.8 Å². The summed E-state index contributed by atoms with van der Waals surface area (Å²) in [6.45, 7) is 0. The highest BCUT2D eigenvalue weighted by molar-refractivity contribution is 7.13. The van der Waals surface area contributed by atoms with Crippen LogP contribution in [-0.4, -0.2) is 10.2 Å². The second kappa shape index (κ2) is 4.21. The summed E-state index contributed by atoms with van der Waals surface area (Å²) in [5.74, 6) is 0.315. The molecule has 0 spiro atoms. The number of hydrogen-bond donors (Lipinski definition) is 1. The molecule has 2 rings (SSSR count). The van der Waals surface area contributed by atoms with Gasteiger partial charge in [-0.25, -0.2) is 0 Å². The van der Waals surface area contributed by atoms with Gasteiger partial charge >= 0.3 is 6.18 Å². The first-order valence-electron chi connectivity index (χ1n) is 4.39. The van der Waals surface area contributed by atoms with E-state index in [1.807, 2.05) is 0 Å². The summed E-state index contributed by atoms with van der Waals surface area (Å²) < 4.78 is 41.8. The van der Waals surface area contributed by atoms with Crippen LogP contribution in [0.4, 0.5) is 18.9 Å². The lowest BCUT2D eigenvalue weighted by Gasteiger charge is -2.01. The number of nitrogens with zero attached hydrogens (tertiary/aromatic N) is 2. The molecule has 8 heteroatoms. The number of alkyl halides is 3. The van der Waals surface area contributed by atoms with E-state index in [0.717, 1.165) is 0 Å². The van der Waals surface area contributed by atoms with Gasteiger partial charge in [-0.3, -0.25) is 0 Å². The summed E-state index contributed by atoms with van der Waals surface area (Å²) >= 11 is 0.330. The first kappa shape index (κ1) is 11.6. The van der Waals surface area contributed by atoms with Crippen LogP contribution in [0.3, 0.4) is 0 Å². The van der Waals surface area contributed by atoms with Crippen LogP contribution in [0.2, 0.25) is 0 Å². The molecule has 1 aromatic heterocycles. The van der Waals surface area contributed by atoms with Crippen LogP contribution in [-0.2, 0) is 6.18 Å². The number of nitrogens with two attached hydrogens (primary N) is 1. The molecule has 1 aromatic carbocycles. The van der Waals surface area contributed by atoms with Gasteiger partial charge in [-0.15, -0.1) is 5.10 Å². The molecule has 0 bridgehead atoms. The molecule has 2 aromatic rings. The van der Waals surface area contributed by atoms with Gasteiger partial charge in [0.15, 0.2) is 0 Å². The number of nitrogen functional groups attached to an aromatic ring is 1. The summed E-state index contributed by atoms with van der Waals surface area (Å²) in [4.78, 5) is 0. The van der Waals surface area contributed by atoms with Crippen molar-refractivity contribution in [1.29, 1.82) is 0 Å². The number of ether oxygens (including phenoxy) is 1. The molecule has 0 aliphatic rings. The van der Waals surface area contributed by atoms with Crippen molar-refractivity contribution >= 4 is 17.0 Å². The minimum atomic E-state index is -4.50. The predicted molar refractivity (Wildman–Crippen MR) is 55.8 cm³/mol. The van der Waals surface area contributed by atoms with Crippen LogP contribution in [0.5, 0.6) is 10.9 Å². The maximum absolute atomic E-state index is 12.2. The summed E-state index contributed by atoms with van der Waals surface area (Å²) in [6.07, 6.45) is -4.50. The SMILES string of the molecule is Nc1cccc(Oc2nnc(C(F)(F)F)s2)c1. The lowest BCUT2D eigenvalue weighted by molar-refractivity contribution is -0.138. The number of rotatable bonds is 2. The van der Waals surface area contributed by atoms with Gasteiger partial charge in [0.1, 0.15) is 5.75 Å². The largest absolute Gasteiger partial charge is 0.445 e. The number of benzene rings is 1. The van der Waals surface area contributed by atoms with Crippen molar-refractivity contribution in [2.75, 3.05) is 5.73 Å². The normalized spacial score (nSPS) is 11.5. The van der Waals surface area contributed by atoms with Crippen molar-refractivity contribution in [3.05, 3.63) is 29.3 Å². The Morgan fingerprint density at radius 1 is 1.24 bits per heavy atom. The molecule has 0 atom stereocenters. The fraction of sp³-hybridized carbons (Fsp3) is 0.111. The van der Waals surface area contributed by atoms with Gasteiger partial charge in [0.25, 0.3) is 5.19 Å². The molecule has 0 saturated heterocycles. The topological polar surface area (TPSA) is 61.0 Å². The molecule has 4 nitrogen and oxygen atoms in total. The monoisotopic (exact) mass is 261 g/mol. The first-order valence-corrected chi connectivity index (χ1v) is 5.21. The van der Waals surface area contributed by atoms with Crippen molar-refractivity contribution in [1.82, 2.24) is 10.2 Å². The van der Waals surface area contributed by atoms with Gasteiger partial charge < -0.3 is 10.5 Å². The van der Waals surface area contributed by atoms with E-state index in [-0.39, 0.29) is 5.19 Å². The van der Waals surface area contributed by atoms with Crippen LogP contribution in [0.25, 0.3) is 0 Å². The van der Waals surface area contributed by atoms with Crippen molar-refractivity contribution in [2.45, 2.75) is 6.18 Å². The number of halogens is 3. The molecular weight excluding hydrogens is 255 g/mol. The Hall–Kier alpha value is -1.83. The Kier molecular flexibility index (Phi) is 2.88. The number of hydrogen-bond acceptors (Lipinski definition) is 5. The molecular formula is C9H6F3N3OS. The van der Waals surface area contributed by atoms with E-state index in [0.29, 0.717) is 22.8 Å². The van der Waals surface area contributed by atoms with E-state index in [4.69, 9.17) is 10.5 Å². The third-order valence-electron chi connectivity index (χ3n) is 1.71. The van der Waals surface area contributed by atoms with Gasteiger partial charge in [0.2, 0.25) is 5.01 Å². The highest BCUT2D eigenvalue weighted by Gasteiger charge is 2.36. The van der Waals surface area contributed by atoms with Crippen LogP contribution < -0.4 is 10.5 Å². The van der Waals surface area contributed by atoms with Crippen LogP contribution >= 0.6 is 11.3 Å². The molecule has 0 saturated carbocycles. The van der Waals surface area contributed by atoms with E-state index in [1.54, 1.807) is 18.2 Å². The summed E-state index contributed by atoms with van der Waals surface area (Å²) in [5, 5.41) is 5.06. The maximum Gasteiger partial charge on any atom is 0.445 e. The molecule has 0 fully saturated rings. The summed E-state index contributed by atoms with van der Waals surface area (Å²) in [6, 6.07) is 6.30. The Bertz CT molecular complexity index is 526. The lowest BCUT2D eigenvalue weighted by Crippen LogP contribution is -2.03. The van der Waals surface area contributed by atoms with Gasteiger partial charge in [0.05, 0.1) is 0 Å². The Labute approximate surface area is 97.9 Å². The number of aromatic nitrogens is 2. The van der Waals surface area contributed by atoms with Crippen molar-refractivity contribution < 1.29 is 17.9 Å². The Morgan fingerprint density at radius 3 is 2.59 bits per heavy atom. The maximum atomic E-state index is 12.2. The highest BCUT2D eigenvalue weighted by atomic mass is 32.1. The third kappa shape index (κ3) is 2.84. The summed E-state index contributed by atoms with van der Waals surface area (Å²) in [5.41, 5.74) is 5.94. The van der Waals surface area contributed by atoms with Crippen molar-refractivity contribution in [3.63, 3.8) is 0 Å². The fourth-order valence-electron chi connectivity index (χ4n) is 1.04. The minimum Gasteiger partial charge on any atom is -0.430 e. The van der Waals surface area contributed by atoms with E-state index >= 15 is 0 Å². The van der Waals surface area contributed by atoms with Gasteiger partial charge in [-0.05, 0) is 12.1 Å². The van der Waals surface area contributed by atoms with E-state index in [9.17, 15) is 13.2 Å². The second-order valence-corrected chi connectivity index (χ2v) is 3.99. The van der Waals surface area contributed by atoms with Gasteiger partial charge in [-0.2, -0.15) is 13.2 Å². The van der Waals surface area contributed by atoms with Crippen molar-refractivity contribution in [2.24, 2.45) is 0 Å². The second-order valence-electron chi connectivity index (χ2n) is 3.05. The Morgan fingerprint density at radius 2 is 2.00 bits per heavy atom. The lowest BCUT2D eigenvalue weighted by atomic mass is 10.3. The van der Waals surface area contributed by atoms with E-state index < -0.39 is 11.2 Å². The molecule has 90 valence electrons. The fourth-order valence-corrected chi connectivity index (χ4v) is 1.63. The average Bonchev–Trinajstić information content (AvgIpc) is 2.65. The molecule has 0 radical (unpaired) electrons. The van der Waals surface area contributed by atoms with Crippen LogP contribution in [0.15, 0.2) is 24.3 Å². The highest BCUT2D eigenvalue weighted by Crippen LogP contribution is 2.35. The van der Waals surface area contributed by atoms with Crippen molar-refractivity contribution in [3.8, 4) is 10.9 Å². The third-order valence-corrected chi connectivity index (χ3v) is 2.56. The van der Waals surface area contributed by atoms with E-state index in [1.165, 1.54) is 6.07 Å². The molecule has 0 amide bonds. The van der Waals surface area contributed by atoms with E-state index in [2.05, 4.69) is 10.2 Å². The molecule has 0 unspecified atom stereocenters. The zero-order chi connectivity index (χ0) is 12.5. The number of anilines is 1. The standard InChI is InChI=1S/C9H6F3N3OS/c10-9(11,12)7-14-15-8(17-7)16-6-3-1-2-5(13)4-6/h1-4H,13H2. The zero-order valence-corrected chi connectivity index (χ0v) is 9.05. The average molecular weight is 261 g/mol. The summed E-state index contributed by atoms with van der Waals surface area (Å²) in [7, 11) is 0. The first-order chi connectivity index (χ1) is 7.95. The Balaban J connectivity index is 2.17. The molecule has 1 heterocycles. The van der Waals surface area contributed by atoms with Crippen LogP contribution in [0, 0.1) is 0 Å². The molecule has 2 N–H and O–H groups in total. The predicted octanol–water partition coefficient (Wildman–Crippen LogP) is 2.93. The minimum absolute atomic E-state index is 0.178. The smallest absolute Gasteiger partial charge is 0.430 e. The molecule has 17 heavy (non-hydrogen) atoms. The van der Waals surface area contributed by atoms with Crippen LogP contribution in [0.1, 0.15) is 5.01 Å². The molecule has 0 aliphatic carbocycles. The quantitative estimate of drug-likeness (QED) is 0.844. The van der Waals surface area contributed by atoms with Gasteiger partial charge in [-0.1, -0.05) is 22.5 Å². The molecule has 0 aliphatic heterocycles.